The summed E-state index contributed by atoms with van der Waals surface area (Å²) in [5.41, 5.74) is 1.18. The maximum atomic E-state index is 12.3. The van der Waals surface area contributed by atoms with Crippen LogP contribution < -0.4 is 15.4 Å². The Hall–Kier alpha value is -1.71. The van der Waals surface area contributed by atoms with Crippen molar-refractivity contribution in [2.45, 2.75) is 39.2 Å². The molecule has 0 atom stereocenters. The molecule has 0 saturated carbocycles. The van der Waals surface area contributed by atoms with E-state index >= 15 is 0 Å². The zero-order valence-electron chi connectivity index (χ0n) is 11.2. The highest BCUT2D eigenvalue weighted by molar-refractivity contribution is 6.07. The van der Waals surface area contributed by atoms with Crippen LogP contribution in [0.5, 0.6) is 5.75 Å². The van der Waals surface area contributed by atoms with Gasteiger partial charge in [-0.15, -0.1) is 0 Å². The first-order valence-electron chi connectivity index (χ1n) is 6.52. The van der Waals surface area contributed by atoms with Crippen LogP contribution in [0, 0.1) is 0 Å². The second-order valence-corrected chi connectivity index (χ2v) is 4.48. The summed E-state index contributed by atoms with van der Waals surface area (Å²) in [7, 11) is 0. The van der Waals surface area contributed by atoms with Gasteiger partial charge in [-0.05, 0) is 31.9 Å². The van der Waals surface area contributed by atoms with Gasteiger partial charge >= 0.3 is 0 Å². The van der Waals surface area contributed by atoms with Gasteiger partial charge in [0.05, 0.1) is 12.3 Å². The first-order chi connectivity index (χ1) is 8.66. The second-order valence-electron chi connectivity index (χ2n) is 4.48. The lowest BCUT2D eigenvalue weighted by Gasteiger charge is -2.37. The van der Waals surface area contributed by atoms with Crippen molar-refractivity contribution in [2.75, 3.05) is 17.2 Å². The van der Waals surface area contributed by atoms with Crippen molar-refractivity contribution in [3.05, 3.63) is 18.2 Å². The lowest BCUT2D eigenvalue weighted by molar-refractivity contribution is -0.120. The number of hydrogen-bond donors (Lipinski definition) is 2. The van der Waals surface area contributed by atoms with E-state index in [9.17, 15) is 4.79 Å². The molecule has 1 aliphatic heterocycles. The average Bonchev–Trinajstić information content (AvgIpc) is 2.39. The maximum absolute atomic E-state index is 12.3. The van der Waals surface area contributed by atoms with Crippen LogP contribution in [0.15, 0.2) is 18.2 Å². The van der Waals surface area contributed by atoms with E-state index in [1.54, 1.807) is 0 Å². The van der Waals surface area contributed by atoms with Crippen molar-refractivity contribution in [3.63, 3.8) is 0 Å². The number of anilines is 2. The van der Waals surface area contributed by atoms with E-state index in [1.807, 2.05) is 39.0 Å². The monoisotopic (exact) mass is 248 g/mol. The molecule has 4 heteroatoms. The molecule has 0 saturated heterocycles. The van der Waals surface area contributed by atoms with Crippen LogP contribution in [0.1, 0.15) is 33.6 Å². The molecular formula is C14H20N2O2. The molecule has 1 aromatic rings. The summed E-state index contributed by atoms with van der Waals surface area (Å²) in [6.45, 7) is 6.56. The molecular weight excluding hydrogens is 228 g/mol. The Morgan fingerprint density at radius 1 is 1.22 bits per heavy atom. The molecule has 0 spiro atoms. The van der Waals surface area contributed by atoms with Gasteiger partial charge < -0.3 is 15.4 Å². The second kappa shape index (κ2) is 4.88. The summed E-state index contributed by atoms with van der Waals surface area (Å²) in [6, 6.07) is 5.77. The molecule has 18 heavy (non-hydrogen) atoms. The molecule has 4 nitrogen and oxygen atoms in total. The zero-order valence-corrected chi connectivity index (χ0v) is 11.2. The first kappa shape index (κ1) is 12.7. The number of benzene rings is 1. The standard InChI is InChI=1S/C14H20N2O2/c1-4-14(5-2)13(17)15-12-10(16-14)8-7-9-11(12)18-6-3/h7-9,16H,4-6H2,1-3H3,(H,15,17). The third-order valence-corrected chi connectivity index (χ3v) is 3.58. The lowest BCUT2D eigenvalue weighted by atomic mass is 9.89. The van der Waals surface area contributed by atoms with Gasteiger partial charge in [0.25, 0.3) is 0 Å². The Labute approximate surface area is 108 Å². The third kappa shape index (κ3) is 1.92. The van der Waals surface area contributed by atoms with Gasteiger partial charge in [0.1, 0.15) is 17.0 Å². The van der Waals surface area contributed by atoms with Crippen molar-refractivity contribution in [1.29, 1.82) is 0 Å². The molecule has 0 radical (unpaired) electrons. The maximum Gasteiger partial charge on any atom is 0.250 e. The van der Waals surface area contributed by atoms with Crippen LogP contribution >= 0.6 is 0 Å². The fourth-order valence-corrected chi connectivity index (χ4v) is 2.34. The Balaban J connectivity index is 2.41. The van der Waals surface area contributed by atoms with Crippen LogP contribution in [0.2, 0.25) is 0 Å². The number of ether oxygens (including phenoxy) is 1. The Morgan fingerprint density at radius 2 is 1.94 bits per heavy atom. The summed E-state index contributed by atoms with van der Waals surface area (Å²) >= 11 is 0. The number of amides is 1. The topological polar surface area (TPSA) is 50.4 Å². The fourth-order valence-electron chi connectivity index (χ4n) is 2.34. The van der Waals surface area contributed by atoms with E-state index in [-0.39, 0.29) is 5.91 Å². The molecule has 98 valence electrons. The summed E-state index contributed by atoms with van der Waals surface area (Å²) in [6.07, 6.45) is 1.52. The molecule has 1 heterocycles. The number of hydrogen-bond acceptors (Lipinski definition) is 3. The van der Waals surface area contributed by atoms with Gasteiger partial charge in [0, 0.05) is 0 Å². The number of nitrogens with one attached hydrogen (secondary N) is 2. The summed E-state index contributed by atoms with van der Waals surface area (Å²) < 4.78 is 5.53. The molecule has 0 bridgehead atoms. The molecule has 2 N–H and O–H groups in total. The van der Waals surface area contributed by atoms with Crippen molar-refractivity contribution in [1.82, 2.24) is 0 Å². The van der Waals surface area contributed by atoms with E-state index in [0.717, 1.165) is 30.0 Å². The molecule has 1 amide bonds. The van der Waals surface area contributed by atoms with Crippen LogP contribution in [0.4, 0.5) is 11.4 Å². The molecule has 1 aromatic carbocycles. The SMILES string of the molecule is CCOc1cccc2c1NC(=O)C(CC)(CC)N2. The van der Waals surface area contributed by atoms with E-state index in [4.69, 9.17) is 4.74 Å². The number of fused-ring (bicyclic) bond motifs is 1. The number of carbonyl (C=O) groups is 1. The van der Waals surface area contributed by atoms with Crippen LogP contribution in [-0.2, 0) is 4.79 Å². The van der Waals surface area contributed by atoms with Crippen molar-refractivity contribution in [2.24, 2.45) is 0 Å². The Morgan fingerprint density at radius 3 is 2.56 bits per heavy atom. The highest BCUT2D eigenvalue weighted by Gasteiger charge is 2.39. The minimum Gasteiger partial charge on any atom is -0.492 e. The molecule has 0 aromatic heterocycles. The average molecular weight is 248 g/mol. The van der Waals surface area contributed by atoms with Gasteiger partial charge in [0.15, 0.2) is 0 Å². The zero-order chi connectivity index (χ0) is 13.2. The van der Waals surface area contributed by atoms with Crippen molar-refractivity contribution >= 4 is 17.3 Å². The van der Waals surface area contributed by atoms with E-state index in [0.29, 0.717) is 6.61 Å². The summed E-state index contributed by atoms with van der Waals surface area (Å²) in [5, 5.41) is 6.35. The van der Waals surface area contributed by atoms with E-state index in [1.165, 1.54) is 0 Å². The minimum absolute atomic E-state index is 0.0205. The van der Waals surface area contributed by atoms with Crippen LogP contribution in [0.3, 0.4) is 0 Å². The highest BCUT2D eigenvalue weighted by atomic mass is 16.5. The number of rotatable bonds is 4. The largest absolute Gasteiger partial charge is 0.492 e. The third-order valence-electron chi connectivity index (χ3n) is 3.58. The number of para-hydroxylation sites is 1. The molecule has 0 fully saturated rings. The quantitative estimate of drug-likeness (QED) is 0.861. The summed E-state index contributed by atoms with van der Waals surface area (Å²) in [4.78, 5) is 12.3. The first-order valence-corrected chi connectivity index (χ1v) is 6.52. The highest BCUT2D eigenvalue weighted by Crippen LogP contribution is 2.40. The molecule has 2 rings (SSSR count). The smallest absolute Gasteiger partial charge is 0.250 e. The molecule has 0 unspecified atom stereocenters. The van der Waals surface area contributed by atoms with E-state index in [2.05, 4.69) is 10.6 Å². The Kier molecular flexibility index (Phi) is 3.45. The van der Waals surface area contributed by atoms with Crippen LogP contribution in [-0.4, -0.2) is 18.1 Å². The summed E-state index contributed by atoms with van der Waals surface area (Å²) in [5.74, 6) is 0.740. The predicted molar refractivity (Wildman–Crippen MR) is 73.2 cm³/mol. The Bertz CT molecular complexity index is 453. The lowest BCUT2D eigenvalue weighted by Crippen LogP contribution is -2.51. The van der Waals surface area contributed by atoms with Crippen molar-refractivity contribution in [3.8, 4) is 5.75 Å². The van der Waals surface area contributed by atoms with Gasteiger partial charge in [-0.1, -0.05) is 19.9 Å². The molecule has 1 aliphatic rings. The van der Waals surface area contributed by atoms with Crippen molar-refractivity contribution < 1.29 is 9.53 Å². The van der Waals surface area contributed by atoms with Gasteiger partial charge in [-0.3, -0.25) is 4.79 Å². The van der Waals surface area contributed by atoms with Crippen LogP contribution in [0.25, 0.3) is 0 Å². The number of carbonyl (C=O) groups excluding carboxylic acids is 1. The van der Waals surface area contributed by atoms with Gasteiger partial charge in [-0.25, -0.2) is 0 Å². The van der Waals surface area contributed by atoms with E-state index < -0.39 is 5.54 Å². The fraction of sp³-hybridized carbons (Fsp3) is 0.500. The van der Waals surface area contributed by atoms with Gasteiger partial charge in [-0.2, -0.15) is 0 Å². The predicted octanol–water partition coefficient (Wildman–Crippen LogP) is 3.01. The normalized spacial score (nSPS) is 16.5. The van der Waals surface area contributed by atoms with Gasteiger partial charge in [0.2, 0.25) is 5.91 Å². The molecule has 0 aliphatic carbocycles. The minimum atomic E-state index is -0.502.